The predicted molar refractivity (Wildman–Crippen MR) is 84.6 cm³/mol. The molecule has 21 heavy (non-hydrogen) atoms. The summed E-state index contributed by atoms with van der Waals surface area (Å²) in [6, 6.07) is 0.740. The summed E-state index contributed by atoms with van der Waals surface area (Å²) in [7, 11) is 1.75. The van der Waals surface area contributed by atoms with E-state index in [4.69, 9.17) is 9.47 Å². The molecule has 4 nitrogen and oxygen atoms in total. The molecule has 1 saturated heterocycles. The summed E-state index contributed by atoms with van der Waals surface area (Å²) in [4.78, 5) is 2.77. The molecule has 0 bridgehead atoms. The van der Waals surface area contributed by atoms with E-state index in [9.17, 15) is 0 Å². The van der Waals surface area contributed by atoms with Crippen LogP contribution in [-0.2, 0) is 9.47 Å². The van der Waals surface area contributed by atoms with Gasteiger partial charge in [0, 0.05) is 51.5 Å². The zero-order valence-electron chi connectivity index (χ0n) is 13.6. The molecule has 3 rings (SSSR count). The van der Waals surface area contributed by atoms with E-state index in [-0.39, 0.29) is 0 Å². The Morgan fingerprint density at radius 2 is 1.95 bits per heavy atom. The van der Waals surface area contributed by atoms with Gasteiger partial charge in [0.2, 0.25) is 0 Å². The number of ether oxygens (including phenoxy) is 2. The summed E-state index contributed by atoms with van der Waals surface area (Å²) >= 11 is 0. The summed E-state index contributed by atoms with van der Waals surface area (Å²) in [6.07, 6.45) is 9.44. The number of piperazine rings is 1. The van der Waals surface area contributed by atoms with Crippen molar-refractivity contribution in [1.29, 1.82) is 0 Å². The number of hydrogen-bond acceptors (Lipinski definition) is 4. The number of nitrogens with zero attached hydrogens (tertiary/aromatic N) is 1. The van der Waals surface area contributed by atoms with Crippen molar-refractivity contribution >= 4 is 0 Å². The largest absolute Gasteiger partial charge is 0.385 e. The topological polar surface area (TPSA) is 33.7 Å². The van der Waals surface area contributed by atoms with Crippen LogP contribution in [0.2, 0.25) is 0 Å². The van der Waals surface area contributed by atoms with Crippen LogP contribution in [0.1, 0.15) is 44.9 Å². The average Bonchev–Trinajstić information content (AvgIpc) is 3.25. The molecular formula is C17H32N2O2. The Hall–Kier alpha value is -0.160. The quantitative estimate of drug-likeness (QED) is 0.695. The summed E-state index contributed by atoms with van der Waals surface area (Å²) in [6.45, 7) is 6.07. The molecule has 3 fully saturated rings. The molecule has 0 aromatic rings. The van der Waals surface area contributed by atoms with E-state index in [1.54, 1.807) is 7.11 Å². The average molecular weight is 296 g/mol. The van der Waals surface area contributed by atoms with Gasteiger partial charge in [-0.3, -0.25) is 4.90 Å². The lowest BCUT2D eigenvalue weighted by Gasteiger charge is -2.48. The number of nitrogens with one attached hydrogen (secondary N) is 1. The van der Waals surface area contributed by atoms with Crippen LogP contribution < -0.4 is 5.32 Å². The molecule has 1 spiro atoms. The van der Waals surface area contributed by atoms with E-state index in [0.717, 1.165) is 44.7 Å². The van der Waals surface area contributed by atoms with E-state index < -0.39 is 0 Å². The second-order valence-corrected chi connectivity index (χ2v) is 7.16. The maximum absolute atomic E-state index is 5.81. The van der Waals surface area contributed by atoms with Crippen LogP contribution in [0.15, 0.2) is 0 Å². The van der Waals surface area contributed by atoms with Crippen molar-refractivity contribution in [2.24, 2.45) is 5.92 Å². The summed E-state index contributed by atoms with van der Waals surface area (Å²) in [5, 5.41) is 3.86. The maximum Gasteiger partial charge on any atom is 0.0593 e. The fourth-order valence-electron chi connectivity index (χ4n) is 4.18. The van der Waals surface area contributed by atoms with Crippen molar-refractivity contribution < 1.29 is 9.47 Å². The zero-order valence-corrected chi connectivity index (χ0v) is 13.6. The lowest BCUT2D eigenvalue weighted by atomic mass is 9.90. The lowest BCUT2D eigenvalue weighted by Crippen LogP contribution is -2.64. The van der Waals surface area contributed by atoms with E-state index in [1.807, 2.05) is 0 Å². The van der Waals surface area contributed by atoms with Crippen molar-refractivity contribution in [3.63, 3.8) is 0 Å². The Kier molecular flexibility index (Phi) is 5.54. The molecule has 1 unspecified atom stereocenters. The minimum absolute atomic E-state index is 0.446. The highest BCUT2D eigenvalue weighted by atomic mass is 16.5. The Labute approximate surface area is 129 Å². The summed E-state index contributed by atoms with van der Waals surface area (Å²) in [5.74, 6) is 0.953. The van der Waals surface area contributed by atoms with Gasteiger partial charge < -0.3 is 14.8 Å². The van der Waals surface area contributed by atoms with E-state index in [1.165, 1.54) is 51.6 Å². The SMILES string of the molecule is COCCCOCCN1CC(C2CC2)NCC12CCCC2. The zero-order chi connectivity index (χ0) is 14.5. The van der Waals surface area contributed by atoms with Crippen LogP contribution in [-0.4, -0.2) is 63.0 Å². The molecule has 1 atom stereocenters. The van der Waals surface area contributed by atoms with Gasteiger partial charge in [-0.1, -0.05) is 12.8 Å². The lowest BCUT2D eigenvalue weighted by molar-refractivity contribution is 0.00707. The number of methoxy groups -OCH3 is 1. The number of hydrogen-bond donors (Lipinski definition) is 1. The molecule has 0 aromatic heterocycles. The standard InChI is InChI=1S/C17H32N2O2/c1-20-10-4-11-21-12-9-19-13-16(15-5-6-15)18-14-17(19)7-2-3-8-17/h15-16,18H,2-14H2,1H3. The van der Waals surface area contributed by atoms with Crippen LogP contribution >= 0.6 is 0 Å². The Morgan fingerprint density at radius 1 is 1.14 bits per heavy atom. The van der Waals surface area contributed by atoms with Crippen LogP contribution in [0, 0.1) is 5.92 Å². The molecule has 4 heteroatoms. The molecule has 1 aliphatic heterocycles. The van der Waals surface area contributed by atoms with Crippen molar-refractivity contribution in [1.82, 2.24) is 10.2 Å². The molecule has 3 aliphatic rings. The molecule has 0 radical (unpaired) electrons. The van der Waals surface area contributed by atoms with Gasteiger partial charge in [0.15, 0.2) is 0 Å². The maximum atomic E-state index is 5.81. The minimum atomic E-state index is 0.446. The van der Waals surface area contributed by atoms with Crippen LogP contribution in [0.4, 0.5) is 0 Å². The first kappa shape index (κ1) is 15.7. The summed E-state index contributed by atoms with van der Waals surface area (Å²) in [5.41, 5.74) is 0.446. The molecule has 0 amide bonds. The first-order valence-electron chi connectivity index (χ1n) is 8.89. The van der Waals surface area contributed by atoms with Crippen molar-refractivity contribution in [2.75, 3.05) is 46.6 Å². The fourth-order valence-corrected chi connectivity index (χ4v) is 4.18. The van der Waals surface area contributed by atoms with E-state index >= 15 is 0 Å². The van der Waals surface area contributed by atoms with Crippen molar-refractivity contribution in [2.45, 2.75) is 56.5 Å². The Balaban J connectivity index is 1.46. The number of rotatable bonds is 8. The molecule has 0 aromatic carbocycles. The Bertz CT molecular complexity index is 314. The van der Waals surface area contributed by atoms with Gasteiger partial charge in [-0.2, -0.15) is 0 Å². The third-order valence-corrected chi connectivity index (χ3v) is 5.65. The molecular weight excluding hydrogens is 264 g/mol. The van der Waals surface area contributed by atoms with E-state index in [2.05, 4.69) is 10.2 Å². The molecule has 1 heterocycles. The van der Waals surface area contributed by atoms with Gasteiger partial charge in [0.1, 0.15) is 0 Å². The highest BCUT2D eigenvalue weighted by Gasteiger charge is 2.46. The third-order valence-electron chi connectivity index (χ3n) is 5.65. The normalized spacial score (nSPS) is 29.3. The second-order valence-electron chi connectivity index (χ2n) is 7.16. The molecule has 2 saturated carbocycles. The van der Waals surface area contributed by atoms with Crippen LogP contribution in [0.25, 0.3) is 0 Å². The fraction of sp³-hybridized carbons (Fsp3) is 1.00. The Morgan fingerprint density at radius 3 is 2.67 bits per heavy atom. The van der Waals surface area contributed by atoms with Gasteiger partial charge in [-0.25, -0.2) is 0 Å². The first-order valence-corrected chi connectivity index (χ1v) is 8.89. The van der Waals surface area contributed by atoms with Crippen LogP contribution in [0.3, 0.4) is 0 Å². The molecule has 1 N–H and O–H groups in total. The highest BCUT2D eigenvalue weighted by molar-refractivity contribution is 5.04. The minimum Gasteiger partial charge on any atom is -0.385 e. The van der Waals surface area contributed by atoms with Gasteiger partial charge in [-0.05, 0) is 38.0 Å². The second kappa shape index (κ2) is 7.40. The molecule has 2 aliphatic carbocycles. The van der Waals surface area contributed by atoms with Crippen molar-refractivity contribution in [3.8, 4) is 0 Å². The van der Waals surface area contributed by atoms with Gasteiger partial charge >= 0.3 is 0 Å². The van der Waals surface area contributed by atoms with Crippen molar-refractivity contribution in [3.05, 3.63) is 0 Å². The first-order chi connectivity index (χ1) is 10.3. The van der Waals surface area contributed by atoms with Crippen LogP contribution in [0.5, 0.6) is 0 Å². The molecule has 122 valence electrons. The van der Waals surface area contributed by atoms with Gasteiger partial charge in [-0.15, -0.1) is 0 Å². The third kappa shape index (κ3) is 3.98. The van der Waals surface area contributed by atoms with Gasteiger partial charge in [0.25, 0.3) is 0 Å². The van der Waals surface area contributed by atoms with E-state index in [0.29, 0.717) is 5.54 Å². The highest BCUT2D eigenvalue weighted by Crippen LogP contribution is 2.40. The smallest absolute Gasteiger partial charge is 0.0593 e. The monoisotopic (exact) mass is 296 g/mol. The predicted octanol–water partition coefficient (Wildman–Crippen LogP) is 2.04. The van der Waals surface area contributed by atoms with Gasteiger partial charge in [0.05, 0.1) is 6.61 Å². The summed E-state index contributed by atoms with van der Waals surface area (Å²) < 4.78 is 10.9.